The van der Waals surface area contributed by atoms with Crippen LogP contribution >= 0.6 is 0 Å². The summed E-state index contributed by atoms with van der Waals surface area (Å²) < 4.78 is 17.1. The summed E-state index contributed by atoms with van der Waals surface area (Å²) >= 11 is 0. The molecule has 2 aromatic carbocycles. The third-order valence-corrected chi connectivity index (χ3v) is 8.18. The quantitative estimate of drug-likeness (QED) is 0.619. The van der Waals surface area contributed by atoms with Crippen LogP contribution < -0.4 is 5.14 Å². The first-order valence-electron chi connectivity index (χ1n) is 11.8. The lowest BCUT2D eigenvalue weighted by molar-refractivity contribution is -0.130. The van der Waals surface area contributed by atoms with E-state index in [2.05, 4.69) is 16.3 Å². The molecular weight excluding hydrogens is 446 g/mol. The predicted molar refractivity (Wildman–Crippen MR) is 133 cm³/mol. The molecule has 7 heteroatoms. The topological polar surface area (TPSA) is 92.8 Å². The Morgan fingerprint density at radius 2 is 1.71 bits per heavy atom. The molecule has 4 rings (SSSR count). The van der Waals surface area contributed by atoms with E-state index in [1.54, 1.807) is 36.2 Å². The van der Waals surface area contributed by atoms with Crippen molar-refractivity contribution in [3.63, 3.8) is 0 Å². The van der Waals surface area contributed by atoms with Gasteiger partial charge in [-0.2, -0.15) is 0 Å². The van der Waals surface area contributed by atoms with Crippen molar-refractivity contribution < 1.29 is 13.8 Å². The van der Waals surface area contributed by atoms with Gasteiger partial charge in [0.2, 0.25) is 5.91 Å². The van der Waals surface area contributed by atoms with E-state index in [4.69, 9.17) is 11.6 Å². The van der Waals surface area contributed by atoms with E-state index in [9.17, 15) is 13.8 Å². The Hall–Kier alpha value is -2.95. The van der Waals surface area contributed by atoms with Gasteiger partial charge in [0, 0.05) is 26.4 Å². The second-order valence-corrected chi connectivity index (χ2v) is 11.0. The second kappa shape index (κ2) is 10.1. The Morgan fingerprint density at radius 1 is 1.09 bits per heavy atom. The van der Waals surface area contributed by atoms with Crippen LogP contribution in [0.2, 0.25) is 0 Å². The van der Waals surface area contributed by atoms with Crippen molar-refractivity contribution >= 4 is 21.7 Å². The van der Waals surface area contributed by atoms with Crippen molar-refractivity contribution in [1.29, 1.82) is 0 Å². The molecule has 1 unspecified atom stereocenters. The van der Waals surface area contributed by atoms with Crippen molar-refractivity contribution in [1.82, 2.24) is 4.90 Å². The molecule has 178 valence electrons. The van der Waals surface area contributed by atoms with E-state index in [1.165, 1.54) is 22.3 Å². The molecule has 0 bridgehead atoms. The summed E-state index contributed by atoms with van der Waals surface area (Å²) in [4.78, 5) is 26.8. The van der Waals surface area contributed by atoms with Crippen molar-refractivity contribution in [3.8, 4) is 12.3 Å². The van der Waals surface area contributed by atoms with Crippen LogP contribution in [-0.2, 0) is 58.2 Å². The van der Waals surface area contributed by atoms with Gasteiger partial charge in [-0.25, -0.2) is 9.35 Å². The molecule has 2 amide bonds. The number of hydrogen-bond acceptors (Lipinski definition) is 3. The molecule has 1 atom stereocenters. The monoisotopic (exact) mass is 477 g/mol. The van der Waals surface area contributed by atoms with Gasteiger partial charge in [0.1, 0.15) is 9.92 Å². The molecule has 0 aliphatic heterocycles. The molecule has 0 saturated heterocycles. The summed E-state index contributed by atoms with van der Waals surface area (Å²) in [6.45, 7) is 0.399. The standard InChI is InChI=1S/C27H31N3O3S/c1-3-4-11-27(32)30(2)18-19-12-14-22(15-13-19)34(28,33)29-26(31)17-25-23-9-5-7-20(23)16-21-8-6-10-24(21)25/h1,12-16H,4-11,17-18H2,2H3,(H2,28,29,31,33). The molecule has 0 aromatic heterocycles. The first-order valence-corrected chi connectivity index (χ1v) is 13.4. The van der Waals surface area contributed by atoms with Gasteiger partial charge in [-0.15, -0.1) is 16.7 Å². The second-order valence-electron chi connectivity index (χ2n) is 9.17. The zero-order valence-corrected chi connectivity index (χ0v) is 20.5. The lowest BCUT2D eigenvalue weighted by atomic mass is 9.92. The van der Waals surface area contributed by atoms with Gasteiger partial charge in [0.25, 0.3) is 5.91 Å². The number of nitrogens with two attached hydrogens (primary N) is 1. The third kappa shape index (κ3) is 5.24. The Bertz CT molecular complexity index is 1250. The van der Waals surface area contributed by atoms with Gasteiger partial charge in [-0.3, -0.25) is 9.59 Å². The number of terminal acetylenes is 1. The van der Waals surface area contributed by atoms with E-state index in [1.807, 2.05) is 0 Å². The van der Waals surface area contributed by atoms with Crippen LogP contribution in [0.3, 0.4) is 0 Å². The lowest BCUT2D eigenvalue weighted by Crippen LogP contribution is -2.25. The van der Waals surface area contributed by atoms with Crippen molar-refractivity contribution in [3.05, 3.63) is 63.7 Å². The van der Waals surface area contributed by atoms with Crippen molar-refractivity contribution in [2.24, 2.45) is 9.50 Å². The van der Waals surface area contributed by atoms with Crippen LogP contribution in [0, 0.1) is 12.3 Å². The molecule has 2 aliphatic rings. The first kappa shape index (κ1) is 24.2. The van der Waals surface area contributed by atoms with Gasteiger partial charge in [-0.1, -0.05) is 18.2 Å². The average Bonchev–Trinajstić information content (AvgIpc) is 3.46. The number of benzene rings is 2. The van der Waals surface area contributed by atoms with Crippen LogP contribution in [0.15, 0.2) is 39.6 Å². The van der Waals surface area contributed by atoms with E-state index < -0.39 is 15.8 Å². The summed E-state index contributed by atoms with van der Waals surface area (Å²) in [5.74, 6) is 1.99. The highest BCUT2D eigenvalue weighted by molar-refractivity contribution is 7.91. The molecule has 34 heavy (non-hydrogen) atoms. The Kier molecular flexibility index (Phi) is 7.20. The minimum atomic E-state index is -3.36. The number of nitrogens with zero attached hydrogens (tertiary/aromatic N) is 2. The summed E-state index contributed by atoms with van der Waals surface area (Å²) in [6, 6.07) is 9.06. The Labute approximate surface area is 202 Å². The molecule has 0 radical (unpaired) electrons. The Balaban J connectivity index is 1.49. The van der Waals surface area contributed by atoms with Gasteiger partial charge in [0.05, 0.1) is 11.3 Å². The fraction of sp³-hybridized carbons (Fsp3) is 0.407. The first-order chi connectivity index (χ1) is 16.3. The number of rotatable bonds is 7. The van der Waals surface area contributed by atoms with Crippen LogP contribution in [0.4, 0.5) is 0 Å². The maximum Gasteiger partial charge on any atom is 0.259 e. The van der Waals surface area contributed by atoms with Gasteiger partial charge in [0.15, 0.2) is 0 Å². The zero-order valence-electron chi connectivity index (χ0n) is 19.6. The molecule has 0 spiro atoms. The van der Waals surface area contributed by atoms with Crippen molar-refractivity contribution in [2.75, 3.05) is 7.05 Å². The highest BCUT2D eigenvalue weighted by Crippen LogP contribution is 2.35. The number of carbonyl (C=O) groups is 2. The molecule has 2 aliphatic carbocycles. The maximum absolute atomic E-state index is 13.1. The average molecular weight is 478 g/mol. The summed E-state index contributed by atoms with van der Waals surface area (Å²) in [5, 5.41) is 6.03. The van der Waals surface area contributed by atoms with Crippen LogP contribution in [0.25, 0.3) is 0 Å². The van der Waals surface area contributed by atoms with Crippen LogP contribution in [0.1, 0.15) is 59.1 Å². The number of amides is 2. The maximum atomic E-state index is 13.1. The van der Waals surface area contributed by atoms with Crippen molar-refractivity contribution in [2.45, 2.75) is 69.2 Å². The summed E-state index contributed by atoms with van der Waals surface area (Å²) in [6.07, 6.45) is 12.4. The van der Waals surface area contributed by atoms with E-state index >= 15 is 0 Å². The third-order valence-electron chi connectivity index (χ3n) is 6.75. The van der Waals surface area contributed by atoms with Crippen LogP contribution in [-0.4, -0.2) is 28.0 Å². The predicted octanol–water partition coefficient (Wildman–Crippen LogP) is 3.51. The number of carbonyl (C=O) groups excluding carboxylic acids is 2. The highest BCUT2D eigenvalue weighted by atomic mass is 32.2. The lowest BCUT2D eigenvalue weighted by Gasteiger charge is -2.17. The normalized spacial score (nSPS) is 15.7. The minimum Gasteiger partial charge on any atom is -0.341 e. The SMILES string of the molecule is C#CCCC(=O)N(C)Cc1ccc(S(N)(=O)=NC(=O)Cc2c3c(cc4c2CCC4)CCC3)cc1. The molecule has 6 nitrogen and oxygen atoms in total. The minimum absolute atomic E-state index is 0.0378. The highest BCUT2D eigenvalue weighted by Gasteiger charge is 2.25. The number of fused-ring (bicyclic) bond motifs is 2. The molecule has 0 saturated carbocycles. The van der Waals surface area contributed by atoms with E-state index in [-0.39, 0.29) is 12.3 Å². The zero-order chi connectivity index (χ0) is 24.3. The molecule has 0 heterocycles. The fourth-order valence-corrected chi connectivity index (χ4v) is 6.06. The Morgan fingerprint density at radius 3 is 2.29 bits per heavy atom. The smallest absolute Gasteiger partial charge is 0.259 e. The van der Waals surface area contributed by atoms with Crippen LogP contribution in [0.5, 0.6) is 0 Å². The molecule has 0 fully saturated rings. The number of aryl methyl sites for hydroxylation is 2. The summed E-state index contributed by atoms with van der Waals surface area (Å²) in [5.41, 5.74) is 7.25. The van der Waals surface area contributed by atoms with E-state index in [0.29, 0.717) is 24.3 Å². The fourth-order valence-electron chi connectivity index (χ4n) is 5.06. The van der Waals surface area contributed by atoms with Gasteiger partial charge < -0.3 is 4.90 Å². The molecular formula is C27H31N3O3S. The largest absolute Gasteiger partial charge is 0.341 e. The van der Waals surface area contributed by atoms with Gasteiger partial charge in [-0.05, 0) is 84.0 Å². The molecule has 2 N–H and O–H groups in total. The van der Waals surface area contributed by atoms with Gasteiger partial charge >= 0.3 is 0 Å². The van der Waals surface area contributed by atoms with E-state index in [0.717, 1.165) is 49.7 Å². The molecule has 2 aromatic rings. The number of hydrogen-bond donors (Lipinski definition) is 1. The summed E-state index contributed by atoms with van der Waals surface area (Å²) in [7, 11) is -1.65.